The fourth-order valence-electron chi connectivity index (χ4n) is 4.08. The fraction of sp³-hybridized carbons (Fsp3) is 0.238. The Hall–Kier alpha value is -3.88. The van der Waals surface area contributed by atoms with E-state index < -0.39 is 34.8 Å². The van der Waals surface area contributed by atoms with Crippen molar-refractivity contribution in [3.63, 3.8) is 0 Å². The molecule has 1 unspecified atom stereocenters. The van der Waals surface area contributed by atoms with Crippen LogP contribution in [0.15, 0.2) is 70.3 Å². The zero-order valence-electron chi connectivity index (χ0n) is 16.3. The summed E-state index contributed by atoms with van der Waals surface area (Å²) in [5, 5.41) is 0. The zero-order valence-corrected chi connectivity index (χ0v) is 16.3. The molecule has 0 aliphatic carbocycles. The Morgan fingerprint density at radius 2 is 1.40 bits per heavy atom. The van der Waals surface area contributed by atoms with Gasteiger partial charge < -0.3 is 9.47 Å². The van der Waals surface area contributed by atoms with E-state index in [-0.39, 0.29) is 6.54 Å². The van der Waals surface area contributed by atoms with Crippen molar-refractivity contribution in [2.45, 2.75) is 12.6 Å². The summed E-state index contributed by atoms with van der Waals surface area (Å²) in [6.07, 6.45) is 0. The number of carbonyl (C=O) groups is 2. The molecule has 0 amide bonds. The summed E-state index contributed by atoms with van der Waals surface area (Å²) in [5.74, 6) is -1.77. The number of hydrogen-bond acceptors (Lipinski definition) is 6. The summed E-state index contributed by atoms with van der Waals surface area (Å²) in [5.41, 5.74) is -2.38. The minimum Gasteiger partial charge on any atom is -0.468 e. The molecule has 1 atom stereocenters. The quantitative estimate of drug-likeness (QED) is 0.465. The van der Waals surface area contributed by atoms with Crippen LogP contribution < -0.4 is 11.4 Å². The van der Waals surface area contributed by atoms with Gasteiger partial charge in [0.15, 0.2) is 0 Å². The van der Waals surface area contributed by atoms with Crippen LogP contribution in [0.3, 0.4) is 0 Å². The molecule has 2 aromatic carbocycles. The first-order valence-corrected chi connectivity index (χ1v) is 9.19. The van der Waals surface area contributed by atoms with E-state index in [1.165, 1.54) is 0 Å². The Balaban J connectivity index is 2.05. The summed E-state index contributed by atoms with van der Waals surface area (Å²) >= 11 is 0. The van der Waals surface area contributed by atoms with Crippen LogP contribution in [-0.4, -0.2) is 40.1 Å². The van der Waals surface area contributed by atoms with Gasteiger partial charge in [0, 0.05) is 0 Å². The van der Waals surface area contributed by atoms with Crippen LogP contribution in [0.2, 0.25) is 0 Å². The van der Waals surface area contributed by atoms with Crippen LogP contribution in [0.25, 0.3) is 5.69 Å². The second-order valence-corrected chi connectivity index (χ2v) is 6.91. The molecular weight excluding hydrogens is 390 g/mol. The molecule has 1 aromatic heterocycles. The average Bonchev–Trinajstić information content (AvgIpc) is 3.27. The monoisotopic (exact) mass is 409 g/mol. The minimum atomic E-state index is -1.92. The normalized spacial score (nSPS) is 16.7. The first-order valence-electron chi connectivity index (χ1n) is 9.19. The van der Waals surface area contributed by atoms with Gasteiger partial charge in [-0.25, -0.2) is 23.5 Å². The molecule has 1 aliphatic heterocycles. The molecule has 2 heterocycles. The lowest BCUT2D eigenvalue weighted by Gasteiger charge is -2.29. The molecule has 1 aliphatic rings. The average molecular weight is 409 g/mol. The Morgan fingerprint density at radius 1 is 0.867 bits per heavy atom. The number of carbonyl (C=O) groups excluding carboxylic acids is 2. The maximum absolute atomic E-state index is 13.4. The molecule has 9 nitrogen and oxygen atoms in total. The van der Waals surface area contributed by atoms with Gasteiger partial charge >= 0.3 is 23.3 Å². The number of esters is 2. The Morgan fingerprint density at radius 3 is 1.93 bits per heavy atom. The van der Waals surface area contributed by atoms with Crippen molar-refractivity contribution < 1.29 is 19.1 Å². The lowest BCUT2D eigenvalue weighted by atomic mass is 9.77. The molecule has 0 fully saturated rings. The standard InChI is InChI=1S/C21H19N3O6/c1-29-17(25)21(18(26)30-2)13-22-19(27)23(15-11-7-4-8-12-15)20(28)24(22)16(21)14-9-5-3-6-10-14/h3-12,16H,13H2,1-2H3. The van der Waals surface area contributed by atoms with Gasteiger partial charge in [0.2, 0.25) is 5.41 Å². The SMILES string of the molecule is COC(=O)C1(C(=O)OC)Cn2c(=O)n(-c3ccccc3)c(=O)n2C1c1ccccc1. The molecule has 3 aromatic rings. The van der Waals surface area contributed by atoms with E-state index in [9.17, 15) is 19.2 Å². The minimum absolute atomic E-state index is 0.385. The third kappa shape index (κ3) is 2.55. The summed E-state index contributed by atoms with van der Waals surface area (Å²) < 4.78 is 13.1. The van der Waals surface area contributed by atoms with Crippen molar-refractivity contribution in [3.05, 3.63) is 87.2 Å². The van der Waals surface area contributed by atoms with Crippen LogP contribution in [-0.2, 0) is 25.6 Å². The van der Waals surface area contributed by atoms with Crippen LogP contribution in [0.1, 0.15) is 11.6 Å². The zero-order chi connectivity index (χ0) is 21.5. The van der Waals surface area contributed by atoms with Gasteiger partial charge in [-0.05, 0) is 17.7 Å². The van der Waals surface area contributed by atoms with Crippen molar-refractivity contribution in [3.8, 4) is 5.69 Å². The third-order valence-corrected chi connectivity index (χ3v) is 5.40. The van der Waals surface area contributed by atoms with Crippen molar-refractivity contribution in [1.29, 1.82) is 0 Å². The van der Waals surface area contributed by atoms with Crippen LogP contribution in [0.4, 0.5) is 0 Å². The maximum Gasteiger partial charge on any atom is 0.352 e. The van der Waals surface area contributed by atoms with Crippen LogP contribution in [0, 0.1) is 5.41 Å². The van der Waals surface area contributed by atoms with E-state index in [1.54, 1.807) is 60.7 Å². The molecule has 30 heavy (non-hydrogen) atoms. The molecule has 9 heteroatoms. The summed E-state index contributed by atoms with van der Waals surface area (Å²) in [6.45, 7) is -0.389. The Labute approximate surface area is 170 Å². The highest BCUT2D eigenvalue weighted by molar-refractivity contribution is 6.01. The number of para-hydroxylation sites is 1. The van der Waals surface area contributed by atoms with Crippen molar-refractivity contribution in [2.75, 3.05) is 14.2 Å². The number of hydrogen-bond donors (Lipinski definition) is 0. The predicted octanol–water partition coefficient (Wildman–Crippen LogP) is 0.736. The predicted molar refractivity (Wildman–Crippen MR) is 105 cm³/mol. The molecule has 0 radical (unpaired) electrons. The topological polar surface area (TPSA) is 102 Å². The summed E-state index contributed by atoms with van der Waals surface area (Å²) in [7, 11) is 2.29. The summed E-state index contributed by atoms with van der Waals surface area (Å²) in [6, 6.07) is 15.9. The highest BCUT2D eigenvalue weighted by Gasteiger charge is 2.62. The third-order valence-electron chi connectivity index (χ3n) is 5.40. The van der Waals surface area contributed by atoms with Crippen molar-refractivity contribution >= 4 is 11.9 Å². The van der Waals surface area contributed by atoms with Crippen LogP contribution >= 0.6 is 0 Å². The second kappa shape index (κ2) is 7.18. The van der Waals surface area contributed by atoms with E-state index in [2.05, 4.69) is 0 Å². The highest BCUT2D eigenvalue weighted by Crippen LogP contribution is 2.44. The lowest BCUT2D eigenvalue weighted by Crippen LogP contribution is -2.48. The fourth-order valence-corrected chi connectivity index (χ4v) is 4.08. The van der Waals surface area contributed by atoms with Gasteiger partial charge in [0.1, 0.15) is 6.04 Å². The number of rotatable bonds is 4. The largest absolute Gasteiger partial charge is 0.468 e. The van der Waals surface area contributed by atoms with Gasteiger partial charge in [-0.3, -0.25) is 9.59 Å². The number of methoxy groups -OCH3 is 2. The van der Waals surface area contributed by atoms with Crippen LogP contribution in [0.5, 0.6) is 0 Å². The maximum atomic E-state index is 13.4. The Kier molecular flexibility index (Phi) is 4.65. The molecule has 4 rings (SSSR count). The van der Waals surface area contributed by atoms with E-state index in [4.69, 9.17) is 9.47 Å². The second-order valence-electron chi connectivity index (χ2n) is 6.91. The molecule has 0 bridgehead atoms. The Bertz CT molecular complexity index is 1210. The van der Waals surface area contributed by atoms with Gasteiger partial charge in [-0.15, -0.1) is 0 Å². The first kappa shape index (κ1) is 19.4. The van der Waals surface area contributed by atoms with E-state index in [1.807, 2.05) is 0 Å². The lowest BCUT2D eigenvalue weighted by molar-refractivity contribution is -0.171. The number of ether oxygens (including phenoxy) is 2. The molecule has 0 saturated carbocycles. The van der Waals surface area contributed by atoms with Gasteiger partial charge in [-0.1, -0.05) is 48.5 Å². The molecule has 0 spiro atoms. The van der Waals surface area contributed by atoms with E-state index in [0.29, 0.717) is 11.3 Å². The van der Waals surface area contributed by atoms with Gasteiger partial charge in [-0.2, -0.15) is 0 Å². The van der Waals surface area contributed by atoms with E-state index >= 15 is 0 Å². The number of aromatic nitrogens is 3. The molecular formula is C21H19N3O6. The van der Waals surface area contributed by atoms with Gasteiger partial charge in [0.25, 0.3) is 0 Å². The smallest absolute Gasteiger partial charge is 0.352 e. The molecule has 0 saturated heterocycles. The van der Waals surface area contributed by atoms with Crippen molar-refractivity contribution in [1.82, 2.24) is 13.9 Å². The molecule has 154 valence electrons. The van der Waals surface area contributed by atoms with E-state index in [0.717, 1.165) is 28.2 Å². The highest BCUT2D eigenvalue weighted by atomic mass is 16.5. The van der Waals surface area contributed by atoms with Crippen molar-refractivity contribution in [2.24, 2.45) is 5.41 Å². The molecule has 0 N–H and O–H groups in total. The first-order chi connectivity index (χ1) is 14.5. The number of benzene rings is 2. The number of fused-ring (bicyclic) bond motifs is 1. The summed E-state index contributed by atoms with van der Waals surface area (Å²) in [4.78, 5) is 52.4. The van der Waals surface area contributed by atoms with Gasteiger partial charge in [0.05, 0.1) is 26.5 Å². The number of nitrogens with zero attached hydrogens (tertiary/aromatic N) is 3.